The lowest BCUT2D eigenvalue weighted by Gasteiger charge is -2.06. The predicted molar refractivity (Wildman–Crippen MR) is 78.4 cm³/mol. The second-order valence-electron chi connectivity index (χ2n) is 3.85. The second kappa shape index (κ2) is 6.00. The molecule has 0 bridgehead atoms. The molecule has 0 amide bonds. The molecule has 1 aromatic carbocycles. The van der Waals surface area contributed by atoms with E-state index in [0.717, 1.165) is 33.0 Å². The van der Waals surface area contributed by atoms with Gasteiger partial charge in [-0.05, 0) is 40.0 Å². The number of aromatic nitrogens is 2. The normalized spacial score (nSPS) is 10.7. The average molecular weight is 346 g/mol. The summed E-state index contributed by atoms with van der Waals surface area (Å²) in [6.07, 6.45) is 1.47. The Balaban J connectivity index is 2.29. The Labute approximate surface area is 124 Å². The SMILES string of the molecule is CCc1nc(Cc2ccc(Cl)cc2)nc(Cl)c1Br. The first-order valence-electron chi connectivity index (χ1n) is 5.55. The van der Waals surface area contributed by atoms with E-state index in [0.29, 0.717) is 11.6 Å². The van der Waals surface area contributed by atoms with Crippen molar-refractivity contribution >= 4 is 39.1 Å². The molecule has 2 rings (SSSR count). The van der Waals surface area contributed by atoms with Crippen LogP contribution in [0.1, 0.15) is 24.0 Å². The number of rotatable bonds is 3. The van der Waals surface area contributed by atoms with E-state index in [1.165, 1.54) is 0 Å². The van der Waals surface area contributed by atoms with E-state index in [4.69, 9.17) is 23.2 Å². The maximum Gasteiger partial charge on any atom is 0.147 e. The van der Waals surface area contributed by atoms with Gasteiger partial charge in [0.1, 0.15) is 11.0 Å². The number of halogens is 3. The van der Waals surface area contributed by atoms with Gasteiger partial charge in [0.05, 0.1) is 10.2 Å². The van der Waals surface area contributed by atoms with Gasteiger partial charge in [-0.2, -0.15) is 0 Å². The van der Waals surface area contributed by atoms with Gasteiger partial charge >= 0.3 is 0 Å². The topological polar surface area (TPSA) is 25.8 Å². The molecule has 0 aliphatic rings. The van der Waals surface area contributed by atoms with Gasteiger partial charge < -0.3 is 0 Å². The van der Waals surface area contributed by atoms with Gasteiger partial charge in [-0.3, -0.25) is 0 Å². The Morgan fingerprint density at radius 3 is 2.39 bits per heavy atom. The summed E-state index contributed by atoms with van der Waals surface area (Å²) >= 11 is 15.3. The molecule has 1 heterocycles. The summed E-state index contributed by atoms with van der Waals surface area (Å²) in [5.74, 6) is 0.724. The van der Waals surface area contributed by atoms with Gasteiger partial charge in [0.2, 0.25) is 0 Å². The largest absolute Gasteiger partial charge is 0.236 e. The highest BCUT2D eigenvalue weighted by molar-refractivity contribution is 9.10. The molecule has 2 nitrogen and oxygen atoms in total. The number of nitrogens with zero attached hydrogens (tertiary/aromatic N) is 2. The van der Waals surface area contributed by atoms with Crippen molar-refractivity contribution in [1.82, 2.24) is 9.97 Å². The maximum absolute atomic E-state index is 6.07. The molecule has 18 heavy (non-hydrogen) atoms. The lowest BCUT2D eigenvalue weighted by molar-refractivity contribution is 0.896. The Bertz CT molecular complexity index is 556. The Morgan fingerprint density at radius 2 is 1.78 bits per heavy atom. The summed E-state index contributed by atoms with van der Waals surface area (Å²) in [5, 5.41) is 1.19. The molecular formula is C13H11BrCl2N2. The molecule has 0 radical (unpaired) electrons. The molecule has 0 aliphatic carbocycles. The lowest BCUT2D eigenvalue weighted by Crippen LogP contribution is -2.02. The van der Waals surface area contributed by atoms with E-state index >= 15 is 0 Å². The fourth-order valence-electron chi connectivity index (χ4n) is 1.61. The monoisotopic (exact) mass is 344 g/mol. The van der Waals surface area contributed by atoms with Crippen LogP contribution in [0.3, 0.4) is 0 Å². The first-order valence-corrected chi connectivity index (χ1v) is 7.10. The molecule has 0 N–H and O–H groups in total. The van der Waals surface area contributed by atoms with Crippen LogP contribution in [0.5, 0.6) is 0 Å². The Morgan fingerprint density at radius 1 is 1.11 bits per heavy atom. The molecule has 0 spiro atoms. The first kappa shape index (κ1) is 13.8. The Kier molecular flexibility index (Phi) is 4.60. The van der Waals surface area contributed by atoms with Gasteiger partial charge in [0.25, 0.3) is 0 Å². The van der Waals surface area contributed by atoms with Crippen LogP contribution in [0.2, 0.25) is 10.2 Å². The highest BCUT2D eigenvalue weighted by Gasteiger charge is 2.09. The van der Waals surface area contributed by atoms with Crippen LogP contribution in [0, 0.1) is 0 Å². The standard InChI is InChI=1S/C13H11BrCl2N2/c1-2-10-12(14)13(16)18-11(17-10)7-8-3-5-9(15)6-4-8/h3-6H,2,7H2,1H3. The van der Waals surface area contributed by atoms with Crippen molar-refractivity contribution in [1.29, 1.82) is 0 Å². The Hall–Kier alpha value is -0.640. The van der Waals surface area contributed by atoms with Crippen molar-refractivity contribution in [3.8, 4) is 0 Å². The summed E-state index contributed by atoms with van der Waals surface area (Å²) in [6, 6.07) is 7.65. The quantitative estimate of drug-likeness (QED) is 0.753. The number of hydrogen-bond donors (Lipinski definition) is 0. The third kappa shape index (κ3) is 3.22. The van der Waals surface area contributed by atoms with Crippen molar-refractivity contribution < 1.29 is 0 Å². The van der Waals surface area contributed by atoms with E-state index in [9.17, 15) is 0 Å². The molecule has 1 aromatic heterocycles. The molecule has 2 aromatic rings. The summed E-state index contributed by atoms with van der Waals surface area (Å²) in [5.41, 5.74) is 2.04. The van der Waals surface area contributed by atoms with E-state index in [-0.39, 0.29) is 0 Å². The minimum atomic E-state index is 0.464. The maximum atomic E-state index is 6.07. The zero-order chi connectivity index (χ0) is 13.1. The molecule has 0 fully saturated rings. The highest BCUT2D eigenvalue weighted by Crippen LogP contribution is 2.24. The summed E-state index contributed by atoms with van der Waals surface area (Å²) in [6.45, 7) is 2.04. The fourth-order valence-corrected chi connectivity index (χ4v) is 2.40. The van der Waals surface area contributed by atoms with Gasteiger partial charge in [0.15, 0.2) is 0 Å². The van der Waals surface area contributed by atoms with Gasteiger partial charge in [-0.25, -0.2) is 9.97 Å². The zero-order valence-electron chi connectivity index (χ0n) is 9.75. The molecule has 0 unspecified atom stereocenters. The number of hydrogen-bond acceptors (Lipinski definition) is 2. The van der Waals surface area contributed by atoms with Gasteiger partial charge in [-0.1, -0.05) is 42.3 Å². The third-order valence-electron chi connectivity index (χ3n) is 2.54. The molecule has 0 aliphatic heterocycles. The minimum absolute atomic E-state index is 0.464. The summed E-state index contributed by atoms with van der Waals surface area (Å²) < 4.78 is 0.784. The van der Waals surface area contributed by atoms with E-state index in [1.54, 1.807) is 0 Å². The van der Waals surface area contributed by atoms with Gasteiger partial charge in [0, 0.05) is 11.4 Å². The van der Waals surface area contributed by atoms with Crippen LogP contribution in [0.4, 0.5) is 0 Å². The predicted octanol–water partition coefficient (Wildman–Crippen LogP) is 4.70. The molecule has 94 valence electrons. The van der Waals surface area contributed by atoms with E-state index in [2.05, 4.69) is 25.9 Å². The van der Waals surface area contributed by atoms with E-state index < -0.39 is 0 Å². The van der Waals surface area contributed by atoms with Crippen molar-refractivity contribution in [2.45, 2.75) is 19.8 Å². The third-order valence-corrected chi connectivity index (χ3v) is 4.12. The summed E-state index contributed by atoms with van der Waals surface area (Å²) in [7, 11) is 0. The number of benzene rings is 1. The molecular weight excluding hydrogens is 335 g/mol. The van der Waals surface area contributed by atoms with Crippen LogP contribution in [-0.4, -0.2) is 9.97 Å². The van der Waals surface area contributed by atoms with Gasteiger partial charge in [-0.15, -0.1) is 0 Å². The van der Waals surface area contributed by atoms with Crippen LogP contribution in [-0.2, 0) is 12.8 Å². The van der Waals surface area contributed by atoms with Crippen molar-refractivity contribution in [3.05, 3.63) is 56.0 Å². The smallest absolute Gasteiger partial charge is 0.147 e. The second-order valence-corrected chi connectivity index (χ2v) is 5.44. The molecule has 0 saturated heterocycles. The number of aryl methyl sites for hydroxylation is 1. The first-order chi connectivity index (χ1) is 8.60. The van der Waals surface area contributed by atoms with Crippen LogP contribution in [0.15, 0.2) is 28.7 Å². The van der Waals surface area contributed by atoms with Crippen LogP contribution >= 0.6 is 39.1 Å². The summed E-state index contributed by atoms with van der Waals surface area (Å²) in [4.78, 5) is 8.77. The highest BCUT2D eigenvalue weighted by atomic mass is 79.9. The lowest BCUT2D eigenvalue weighted by atomic mass is 10.1. The minimum Gasteiger partial charge on any atom is -0.236 e. The molecule has 5 heteroatoms. The van der Waals surface area contributed by atoms with Crippen molar-refractivity contribution in [3.63, 3.8) is 0 Å². The molecule has 0 saturated carbocycles. The molecule has 0 atom stereocenters. The zero-order valence-corrected chi connectivity index (χ0v) is 12.8. The van der Waals surface area contributed by atoms with Crippen molar-refractivity contribution in [2.24, 2.45) is 0 Å². The van der Waals surface area contributed by atoms with Crippen molar-refractivity contribution in [2.75, 3.05) is 0 Å². The fraction of sp³-hybridized carbons (Fsp3) is 0.231. The van der Waals surface area contributed by atoms with Crippen LogP contribution in [0.25, 0.3) is 0 Å². The average Bonchev–Trinajstić information content (AvgIpc) is 2.36. The van der Waals surface area contributed by atoms with E-state index in [1.807, 2.05) is 31.2 Å². The van der Waals surface area contributed by atoms with Crippen LogP contribution < -0.4 is 0 Å².